The van der Waals surface area contributed by atoms with E-state index in [-0.39, 0.29) is 27.3 Å². The van der Waals surface area contributed by atoms with E-state index in [9.17, 15) is 24.2 Å². The summed E-state index contributed by atoms with van der Waals surface area (Å²) in [6.07, 6.45) is 2.61. The molecule has 222 valence electrons. The number of rotatable bonds is 8. The van der Waals surface area contributed by atoms with Crippen molar-refractivity contribution < 1.29 is 43.3 Å². The summed E-state index contributed by atoms with van der Waals surface area (Å²) in [7, 11) is -9.51. The van der Waals surface area contributed by atoms with Gasteiger partial charge in [-0.15, -0.1) is 0 Å². The van der Waals surface area contributed by atoms with E-state index in [0.29, 0.717) is 17.3 Å². The van der Waals surface area contributed by atoms with Crippen molar-refractivity contribution in [3.05, 3.63) is 11.6 Å². The minimum absolute atomic E-state index is 0.0366. The van der Waals surface area contributed by atoms with E-state index in [1.54, 1.807) is 0 Å². The Balaban J connectivity index is 1.25. The molecule has 7 rings (SSSR count). The second-order valence-electron chi connectivity index (χ2n) is 13.0. The number of anilines is 1. The van der Waals surface area contributed by atoms with Crippen molar-refractivity contribution in [1.82, 2.24) is 19.5 Å². The number of ether oxygens (including phenoxy) is 1. The van der Waals surface area contributed by atoms with Gasteiger partial charge in [-0.2, -0.15) is 9.97 Å². The predicted octanol–water partition coefficient (Wildman–Crippen LogP) is 2.60. The number of aliphatic hydroxyl groups excluding tert-OH is 2. The van der Waals surface area contributed by atoms with Crippen LogP contribution in [0.5, 0.6) is 0 Å². The van der Waals surface area contributed by atoms with Crippen LogP contribution < -0.4 is 5.32 Å². The normalized spacial score (nSPS) is 40.5. The minimum Gasteiger partial charge on any atom is -0.387 e. The molecule has 0 spiro atoms. The van der Waals surface area contributed by atoms with Crippen LogP contribution >= 0.6 is 26.8 Å². The number of nitrogens with zero attached hydrogens (tertiary/aromatic N) is 4. The molecule has 40 heavy (non-hydrogen) atoms. The van der Waals surface area contributed by atoms with E-state index in [0.717, 1.165) is 19.3 Å². The smallest absolute Gasteiger partial charge is 0.340 e. The van der Waals surface area contributed by atoms with Crippen LogP contribution in [-0.4, -0.2) is 80.8 Å². The van der Waals surface area contributed by atoms with Gasteiger partial charge >= 0.3 is 15.2 Å². The summed E-state index contributed by atoms with van der Waals surface area (Å²) in [5.41, 5.74) is 1.05. The maximum absolute atomic E-state index is 12.0. The number of halogens is 1. The molecule has 4 aliphatic carbocycles. The van der Waals surface area contributed by atoms with Gasteiger partial charge in [0.1, 0.15) is 18.3 Å². The number of fused-ring (bicyclic) bond motifs is 1. The Labute approximate surface area is 235 Å². The van der Waals surface area contributed by atoms with Gasteiger partial charge in [0.2, 0.25) is 5.28 Å². The van der Waals surface area contributed by atoms with Gasteiger partial charge < -0.3 is 39.5 Å². The van der Waals surface area contributed by atoms with E-state index < -0.39 is 52.2 Å². The first-order valence-corrected chi connectivity index (χ1v) is 17.1. The van der Waals surface area contributed by atoms with Gasteiger partial charge in [0.05, 0.1) is 12.9 Å². The van der Waals surface area contributed by atoms with Gasteiger partial charge in [0.25, 0.3) is 0 Å². The Hall–Kier alpha value is -1.18. The topological polar surface area (TPSA) is 209 Å². The molecule has 17 heteroatoms. The highest BCUT2D eigenvalue weighted by atomic mass is 35.5. The van der Waals surface area contributed by atoms with Crippen LogP contribution in [0.2, 0.25) is 5.28 Å². The summed E-state index contributed by atoms with van der Waals surface area (Å²) < 4.78 is 35.1. The number of aliphatic hydroxyl groups is 2. The Bertz CT molecular complexity index is 1420. The molecule has 9 atom stereocenters. The van der Waals surface area contributed by atoms with Crippen LogP contribution in [0, 0.1) is 16.7 Å². The van der Waals surface area contributed by atoms with Crippen molar-refractivity contribution in [2.45, 2.75) is 82.5 Å². The van der Waals surface area contributed by atoms with E-state index >= 15 is 0 Å². The summed E-state index contributed by atoms with van der Waals surface area (Å²) in [5.74, 6) is -0.260. The minimum atomic E-state index is -4.83. The summed E-state index contributed by atoms with van der Waals surface area (Å²) in [6, 6.07) is 0. The summed E-state index contributed by atoms with van der Waals surface area (Å²) in [4.78, 5) is 41.0. The molecular formula is C23H34ClN5O9P2. The van der Waals surface area contributed by atoms with Crippen molar-refractivity contribution in [3.63, 3.8) is 0 Å². The number of imidazole rings is 1. The Morgan fingerprint density at radius 3 is 2.40 bits per heavy atom. The lowest BCUT2D eigenvalue weighted by Crippen LogP contribution is -2.61. The summed E-state index contributed by atoms with van der Waals surface area (Å²) >= 11 is 6.35. The van der Waals surface area contributed by atoms with Crippen molar-refractivity contribution >= 4 is 43.8 Å². The molecule has 4 bridgehead atoms. The molecule has 3 heterocycles. The first-order chi connectivity index (χ1) is 18.5. The van der Waals surface area contributed by atoms with Gasteiger partial charge in [0, 0.05) is 5.54 Å². The van der Waals surface area contributed by atoms with Crippen LogP contribution in [0.15, 0.2) is 6.33 Å². The highest BCUT2D eigenvalue weighted by molar-refractivity contribution is 7.70. The molecule has 0 radical (unpaired) electrons. The summed E-state index contributed by atoms with van der Waals surface area (Å²) in [6.45, 7) is 4.05. The van der Waals surface area contributed by atoms with Crippen LogP contribution in [0.1, 0.15) is 58.6 Å². The maximum Gasteiger partial charge on any atom is 0.340 e. The SMILES string of the molecule is C[C@]12C[C@@H]3C[C@](C)(C1)C[C@@](Nc1nc(Cl)nc4c1ncn4[C@@H]1O[C@H](COP(=O)(O)CP(=O)(O)O)C(O)[C@@H]1O)(C3)C2. The Morgan fingerprint density at radius 1 is 1.10 bits per heavy atom. The molecule has 0 aromatic carbocycles. The van der Waals surface area contributed by atoms with Gasteiger partial charge in [-0.05, 0) is 66.9 Å². The first kappa shape index (κ1) is 28.9. The fourth-order valence-electron chi connectivity index (χ4n) is 8.56. The Kier molecular flexibility index (Phi) is 6.80. The molecular weight excluding hydrogens is 588 g/mol. The molecule has 0 amide bonds. The fourth-order valence-corrected chi connectivity index (χ4v) is 11.3. The lowest BCUT2D eigenvalue weighted by atomic mass is 9.43. The third-order valence-corrected chi connectivity index (χ3v) is 12.4. The van der Waals surface area contributed by atoms with Crippen molar-refractivity contribution in [1.29, 1.82) is 0 Å². The molecule has 1 aliphatic heterocycles. The molecule has 14 nitrogen and oxygen atoms in total. The average molecular weight is 622 g/mol. The van der Waals surface area contributed by atoms with Gasteiger partial charge in [-0.25, -0.2) is 4.98 Å². The molecule has 2 aromatic heterocycles. The number of nitrogens with one attached hydrogen (secondary N) is 1. The van der Waals surface area contributed by atoms with Gasteiger partial charge in [0.15, 0.2) is 29.1 Å². The maximum atomic E-state index is 12.0. The third kappa shape index (κ3) is 5.37. The van der Waals surface area contributed by atoms with E-state index in [2.05, 4.69) is 34.1 Å². The zero-order valence-electron chi connectivity index (χ0n) is 22.1. The van der Waals surface area contributed by atoms with Gasteiger partial charge in [-0.1, -0.05) is 13.8 Å². The van der Waals surface area contributed by atoms with Crippen LogP contribution in [0.25, 0.3) is 11.2 Å². The molecule has 6 N–H and O–H groups in total. The molecule has 5 fully saturated rings. The van der Waals surface area contributed by atoms with Gasteiger partial charge in [-0.3, -0.25) is 13.7 Å². The second kappa shape index (κ2) is 9.41. The molecule has 2 unspecified atom stereocenters. The highest BCUT2D eigenvalue weighted by Crippen LogP contribution is 2.67. The second-order valence-corrected chi connectivity index (χ2v) is 17.3. The number of aromatic nitrogens is 4. The molecule has 5 aliphatic rings. The van der Waals surface area contributed by atoms with E-state index in [1.807, 2.05) is 0 Å². The lowest BCUT2D eigenvalue weighted by Gasteiger charge is -2.65. The highest BCUT2D eigenvalue weighted by Gasteiger charge is 2.60. The van der Waals surface area contributed by atoms with Crippen LogP contribution in [0.3, 0.4) is 0 Å². The molecule has 2 aromatic rings. The zero-order chi connectivity index (χ0) is 28.9. The van der Waals surface area contributed by atoms with E-state index in [4.69, 9.17) is 30.6 Å². The average Bonchev–Trinajstić information content (AvgIpc) is 3.29. The summed E-state index contributed by atoms with van der Waals surface area (Å²) in [5, 5.41) is 25.0. The third-order valence-electron chi connectivity index (χ3n) is 8.82. The van der Waals surface area contributed by atoms with Crippen LogP contribution in [0.4, 0.5) is 5.82 Å². The zero-order valence-corrected chi connectivity index (χ0v) is 24.6. The fraction of sp³-hybridized carbons (Fsp3) is 0.783. The number of hydrogen-bond acceptors (Lipinski definition) is 10. The monoisotopic (exact) mass is 621 g/mol. The van der Waals surface area contributed by atoms with Crippen LogP contribution in [-0.2, 0) is 18.4 Å². The largest absolute Gasteiger partial charge is 0.387 e. The molecule has 4 saturated carbocycles. The number of hydrogen-bond donors (Lipinski definition) is 6. The Morgan fingerprint density at radius 2 is 1.77 bits per heavy atom. The van der Waals surface area contributed by atoms with E-state index in [1.165, 1.54) is 30.2 Å². The van der Waals surface area contributed by atoms with Crippen molar-refractivity contribution in [3.8, 4) is 0 Å². The predicted molar refractivity (Wildman–Crippen MR) is 143 cm³/mol. The lowest BCUT2D eigenvalue weighted by molar-refractivity contribution is -0.0973. The molecule has 1 saturated heterocycles. The first-order valence-electron chi connectivity index (χ1n) is 13.2. The van der Waals surface area contributed by atoms with Crippen molar-refractivity contribution in [2.24, 2.45) is 16.7 Å². The van der Waals surface area contributed by atoms with Crippen molar-refractivity contribution in [2.75, 3.05) is 17.8 Å². The quantitative estimate of drug-likeness (QED) is 0.185. The standard InChI is InChI=1S/C23H34ClN5O9P2/c1-21-3-12-4-22(2,7-21)9-23(5-12,8-21)28-17-14-18(27-20(24)26-17)29(10-25-14)19-16(31)15(30)13(38-19)6-37-40(35,36)11-39(32,33)34/h10,12-13,15-16,19,30-31H,3-9,11H2,1-2H3,(H,35,36)(H,26,27,28)(H2,32,33,34)/t12-,13-,15?,16+,19-,21+,22-,23-/m1/s1.